The van der Waals surface area contributed by atoms with Crippen LogP contribution in [0.5, 0.6) is 0 Å². The predicted molar refractivity (Wildman–Crippen MR) is 87.6 cm³/mol. The van der Waals surface area contributed by atoms with Crippen molar-refractivity contribution in [2.24, 2.45) is 22.7 Å². The van der Waals surface area contributed by atoms with Gasteiger partial charge in [-0.25, -0.2) is 0 Å². The van der Waals surface area contributed by atoms with Crippen LogP contribution in [0.4, 0.5) is 0 Å². The fourth-order valence-corrected chi connectivity index (χ4v) is 5.54. The van der Waals surface area contributed by atoms with Crippen molar-refractivity contribution < 1.29 is 0 Å². The number of fused-ring (bicyclic) bond motifs is 3. The van der Waals surface area contributed by atoms with Crippen LogP contribution in [0.3, 0.4) is 0 Å². The van der Waals surface area contributed by atoms with Crippen LogP contribution in [0.2, 0.25) is 0 Å². The molecule has 0 heteroatoms. The SMILES string of the molecule is CC1=CC[C@]2(C)CC[C@@]3(C)CCC(=C(C)C)[C@H]3[C@H]2CC1. The monoisotopic (exact) mass is 272 g/mol. The zero-order valence-corrected chi connectivity index (χ0v) is 14.2. The lowest BCUT2D eigenvalue weighted by Crippen LogP contribution is -2.44. The third-order valence-corrected chi connectivity index (χ3v) is 7.07. The first kappa shape index (κ1) is 14.4. The van der Waals surface area contributed by atoms with Crippen LogP contribution >= 0.6 is 0 Å². The van der Waals surface area contributed by atoms with Crippen LogP contribution in [0, 0.1) is 22.7 Å². The molecule has 0 amide bonds. The first-order valence-corrected chi connectivity index (χ1v) is 8.68. The van der Waals surface area contributed by atoms with Gasteiger partial charge in [-0.3, -0.25) is 0 Å². The molecule has 112 valence electrons. The molecule has 0 spiro atoms. The van der Waals surface area contributed by atoms with Crippen molar-refractivity contribution >= 4 is 0 Å². The van der Waals surface area contributed by atoms with Gasteiger partial charge in [0, 0.05) is 0 Å². The van der Waals surface area contributed by atoms with Crippen molar-refractivity contribution in [2.75, 3.05) is 0 Å². The van der Waals surface area contributed by atoms with Gasteiger partial charge in [0.1, 0.15) is 0 Å². The van der Waals surface area contributed by atoms with Crippen molar-refractivity contribution in [3.8, 4) is 0 Å². The van der Waals surface area contributed by atoms with E-state index < -0.39 is 0 Å². The molecule has 3 aliphatic carbocycles. The minimum atomic E-state index is 0.562. The Labute approximate surface area is 125 Å². The maximum absolute atomic E-state index is 2.60. The van der Waals surface area contributed by atoms with E-state index in [0.717, 1.165) is 11.8 Å². The summed E-state index contributed by atoms with van der Waals surface area (Å²) in [7, 11) is 0. The molecular weight excluding hydrogens is 240 g/mol. The van der Waals surface area contributed by atoms with Crippen LogP contribution in [-0.4, -0.2) is 0 Å². The lowest BCUT2D eigenvalue weighted by molar-refractivity contribution is -0.00684. The average molecular weight is 272 g/mol. The first-order chi connectivity index (χ1) is 9.36. The molecule has 2 saturated carbocycles. The number of rotatable bonds is 0. The quantitative estimate of drug-likeness (QED) is 0.455. The predicted octanol–water partition coefficient (Wildman–Crippen LogP) is 6.29. The molecule has 0 aromatic heterocycles. The molecule has 3 rings (SSSR count). The van der Waals surface area contributed by atoms with E-state index in [1.54, 1.807) is 11.1 Å². The Kier molecular flexibility index (Phi) is 3.42. The molecule has 0 aromatic rings. The van der Waals surface area contributed by atoms with Crippen molar-refractivity contribution in [1.82, 2.24) is 0 Å². The third-order valence-electron chi connectivity index (χ3n) is 7.07. The van der Waals surface area contributed by atoms with Gasteiger partial charge >= 0.3 is 0 Å². The summed E-state index contributed by atoms with van der Waals surface area (Å²) in [6.45, 7) is 12.2. The number of allylic oxidation sites excluding steroid dienone is 4. The Morgan fingerprint density at radius 3 is 2.45 bits per heavy atom. The minimum Gasteiger partial charge on any atom is -0.0851 e. The normalized spacial score (nSPS) is 44.5. The summed E-state index contributed by atoms with van der Waals surface area (Å²) < 4.78 is 0. The molecule has 2 fully saturated rings. The van der Waals surface area contributed by atoms with Crippen molar-refractivity contribution in [2.45, 2.75) is 79.6 Å². The summed E-state index contributed by atoms with van der Waals surface area (Å²) in [6, 6.07) is 0. The summed E-state index contributed by atoms with van der Waals surface area (Å²) in [5, 5.41) is 0. The molecule has 0 N–H and O–H groups in total. The Morgan fingerprint density at radius 1 is 1.05 bits per heavy atom. The first-order valence-electron chi connectivity index (χ1n) is 8.68. The van der Waals surface area contributed by atoms with Gasteiger partial charge in [-0.2, -0.15) is 0 Å². The second-order valence-corrected chi connectivity index (χ2v) is 8.71. The maximum Gasteiger partial charge on any atom is -0.0113 e. The zero-order chi connectivity index (χ0) is 14.5. The van der Waals surface area contributed by atoms with Gasteiger partial charge < -0.3 is 0 Å². The molecule has 0 aromatic carbocycles. The van der Waals surface area contributed by atoms with E-state index in [2.05, 4.69) is 40.7 Å². The second-order valence-electron chi connectivity index (χ2n) is 8.71. The molecule has 0 nitrogen and oxygen atoms in total. The van der Waals surface area contributed by atoms with Crippen molar-refractivity contribution in [1.29, 1.82) is 0 Å². The Morgan fingerprint density at radius 2 is 1.75 bits per heavy atom. The Balaban J connectivity index is 2.01. The van der Waals surface area contributed by atoms with Crippen molar-refractivity contribution in [3.63, 3.8) is 0 Å². The Bertz CT molecular complexity index is 462. The number of hydrogen-bond acceptors (Lipinski definition) is 0. The molecule has 0 aliphatic heterocycles. The fourth-order valence-electron chi connectivity index (χ4n) is 5.54. The summed E-state index contributed by atoms with van der Waals surface area (Å²) in [4.78, 5) is 0. The molecule has 0 heterocycles. The van der Waals surface area contributed by atoms with Crippen molar-refractivity contribution in [3.05, 3.63) is 22.8 Å². The zero-order valence-electron chi connectivity index (χ0n) is 14.2. The van der Waals surface area contributed by atoms with Crippen LogP contribution in [0.25, 0.3) is 0 Å². The summed E-state index contributed by atoms with van der Waals surface area (Å²) in [6.07, 6.45) is 12.4. The third kappa shape index (κ3) is 2.11. The molecule has 0 bridgehead atoms. The van der Waals surface area contributed by atoms with E-state index >= 15 is 0 Å². The lowest BCUT2D eigenvalue weighted by Gasteiger charge is -2.52. The van der Waals surface area contributed by atoms with Gasteiger partial charge in [-0.15, -0.1) is 0 Å². The lowest BCUT2D eigenvalue weighted by atomic mass is 9.52. The van der Waals surface area contributed by atoms with Crippen LogP contribution in [0.1, 0.15) is 79.6 Å². The molecule has 3 aliphatic rings. The van der Waals surface area contributed by atoms with Gasteiger partial charge in [0.05, 0.1) is 0 Å². The number of hydrogen-bond donors (Lipinski definition) is 0. The smallest absolute Gasteiger partial charge is 0.0113 e. The van der Waals surface area contributed by atoms with Gasteiger partial charge in [0.25, 0.3) is 0 Å². The molecular formula is C20H32. The van der Waals surface area contributed by atoms with E-state index in [1.165, 1.54) is 44.9 Å². The van der Waals surface area contributed by atoms with Gasteiger partial charge in [0.15, 0.2) is 0 Å². The fraction of sp³-hybridized carbons (Fsp3) is 0.800. The largest absolute Gasteiger partial charge is 0.0851 e. The van der Waals surface area contributed by atoms with Gasteiger partial charge in [-0.1, -0.05) is 36.6 Å². The van der Waals surface area contributed by atoms with E-state index in [-0.39, 0.29) is 0 Å². The Hall–Kier alpha value is -0.520. The highest BCUT2D eigenvalue weighted by Gasteiger charge is 2.54. The van der Waals surface area contributed by atoms with Gasteiger partial charge in [-0.05, 0) is 88.4 Å². The highest BCUT2D eigenvalue weighted by molar-refractivity contribution is 5.26. The molecule has 0 saturated heterocycles. The topological polar surface area (TPSA) is 0 Å². The van der Waals surface area contributed by atoms with E-state index in [1.807, 2.05) is 5.57 Å². The van der Waals surface area contributed by atoms with E-state index in [0.29, 0.717) is 10.8 Å². The highest BCUT2D eigenvalue weighted by atomic mass is 14.6. The minimum absolute atomic E-state index is 0.562. The van der Waals surface area contributed by atoms with E-state index in [4.69, 9.17) is 0 Å². The standard InChI is InChI=1S/C20H32/c1-14(2)16-9-11-20(5)13-12-19(4)10-8-15(3)6-7-17(19)18(16)20/h8,17-18H,6-7,9-13H2,1-5H3/t17-,18+,19-,20-/m1/s1. The molecule has 0 radical (unpaired) electrons. The van der Waals surface area contributed by atoms with Crippen LogP contribution in [0.15, 0.2) is 22.8 Å². The second kappa shape index (κ2) is 4.75. The van der Waals surface area contributed by atoms with Crippen LogP contribution in [-0.2, 0) is 0 Å². The highest BCUT2D eigenvalue weighted by Crippen LogP contribution is 2.64. The van der Waals surface area contributed by atoms with E-state index in [9.17, 15) is 0 Å². The van der Waals surface area contributed by atoms with Crippen LogP contribution < -0.4 is 0 Å². The maximum atomic E-state index is 2.60. The summed E-state index contributed by atoms with van der Waals surface area (Å²) in [5.74, 6) is 1.80. The summed E-state index contributed by atoms with van der Waals surface area (Å²) in [5.41, 5.74) is 6.26. The molecule has 0 unspecified atom stereocenters. The molecule has 4 atom stereocenters. The summed E-state index contributed by atoms with van der Waals surface area (Å²) >= 11 is 0. The van der Waals surface area contributed by atoms with Gasteiger partial charge in [0.2, 0.25) is 0 Å². The average Bonchev–Trinajstić information content (AvgIpc) is 2.66. The molecule has 20 heavy (non-hydrogen) atoms.